The van der Waals surface area contributed by atoms with E-state index >= 15 is 0 Å². The van der Waals surface area contributed by atoms with Gasteiger partial charge in [-0.2, -0.15) is 12.6 Å². The highest BCUT2D eigenvalue weighted by Crippen LogP contribution is 2.20. The molecule has 0 aliphatic heterocycles. The van der Waals surface area contributed by atoms with Crippen LogP contribution in [0.2, 0.25) is 5.02 Å². The highest BCUT2D eigenvalue weighted by atomic mass is 79.9. The van der Waals surface area contributed by atoms with E-state index in [-0.39, 0.29) is 0 Å². The molecule has 1 rings (SSSR count). The molecule has 0 N–H and O–H groups in total. The van der Waals surface area contributed by atoms with Gasteiger partial charge < -0.3 is 0 Å². The van der Waals surface area contributed by atoms with Crippen LogP contribution in [0.15, 0.2) is 22.7 Å². The molecule has 0 radical (unpaired) electrons. The van der Waals surface area contributed by atoms with Crippen molar-refractivity contribution in [2.24, 2.45) is 0 Å². The molecular weight excluding hydrogens is 232 g/mol. The van der Waals surface area contributed by atoms with Crippen LogP contribution in [-0.4, -0.2) is 0 Å². The van der Waals surface area contributed by atoms with Crippen LogP contribution in [-0.2, 0) is 5.75 Å². The second kappa shape index (κ2) is 3.65. The van der Waals surface area contributed by atoms with Crippen LogP contribution < -0.4 is 0 Å². The predicted molar refractivity (Wildman–Crippen MR) is 51.8 cm³/mol. The zero-order chi connectivity index (χ0) is 7.56. The third-order valence-corrected chi connectivity index (χ3v) is 2.15. The smallest absolute Gasteiger partial charge is 0.0420 e. The molecule has 0 aliphatic carbocycles. The predicted octanol–water partition coefficient (Wildman–Crippen LogP) is 3.53. The van der Waals surface area contributed by atoms with Crippen LogP contribution in [0.4, 0.5) is 0 Å². The average molecular weight is 238 g/mol. The number of halogens is 2. The molecule has 0 atom stereocenters. The van der Waals surface area contributed by atoms with E-state index in [1.807, 2.05) is 18.2 Å². The minimum Gasteiger partial charge on any atom is -0.175 e. The van der Waals surface area contributed by atoms with Crippen molar-refractivity contribution in [2.75, 3.05) is 0 Å². The van der Waals surface area contributed by atoms with Crippen molar-refractivity contribution >= 4 is 40.2 Å². The normalized spacial score (nSPS) is 9.90. The molecule has 0 saturated heterocycles. The van der Waals surface area contributed by atoms with Gasteiger partial charge in [-0.05, 0) is 23.8 Å². The van der Waals surface area contributed by atoms with Crippen LogP contribution in [0, 0.1) is 0 Å². The Kier molecular flexibility index (Phi) is 3.08. The van der Waals surface area contributed by atoms with Gasteiger partial charge in [0.1, 0.15) is 0 Å². The molecule has 0 heterocycles. The summed E-state index contributed by atoms with van der Waals surface area (Å²) in [5, 5.41) is 0.749. The Morgan fingerprint density at radius 3 is 2.60 bits per heavy atom. The second-order valence-electron chi connectivity index (χ2n) is 1.94. The van der Waals surface area contributed by atoms with Gasteiger partial charge in [0.2, 0.25) is 0 Å². The summed E-state index contributed by atoms with van der Waals surface area (Å²) in [6, 6.07) is 5.76. The number of hydrogen-bond donors (Lipinski definition) is 1. The molecule has 0 amide bonds. The summed E-state index contributed by atoms with van der Waals surface area (Å²) in [6.07, 6.45) is 0. The molecule has 0 aliphatic rings. The van der Waals surface area contributed by atoms with E-state index in [2.05, 4.69) is 28.6 Å². The van der Waals surface area contributed by atoms with Gasteiger partial charge in [-0.25, -0.2) is 0 Å². The van der Waals surface area contributed by atoms with Gasteiger partial charge in [-0.3, -0.25) is 0 Å². The number of thiol groups is 1. The maximum absolute atomic E-state index is 5.76. The van der Waals surface area contributed by atoms with Gasteiger partial charge >= 0.3 is 0 Å². The first-order chi connectivity index (χ1) is 4.72. The maximum atomic E-state index is 5.76. The monoisotopic (exact) mass is 236 g/mol. The van der Waals surface area contributed by atoms with Crippen molar-refractivity contribution in [1.29, 1.82) is 0 Å². The van der Waals surface area contributed by atoms with Crippen molar-refractivity contribution in [2.45, 2.75) is 5.75 Å². The molecular formula is C7H6BrClS. The molecule has 0 bridgehead atoms. The van der Waals surface area contributed by atoms with E-state index < -0.39 is 0 Å². The molecule has 1 aromatic carbocycles. The largest absolute Gasteiger partial charge is 0.175 e. The summed E-state index contributed by atoms with van der Waals surface area (Å²) in [5.74, 6) is 0.721. The molecule has 1 aromatic rings. The lowest BCUT2D eigenvalue weighted by Crippen LogP contribution is -1.76. The molecule has 0 spiro atoms. The lowest BCUT2D eigenvalue weighted by atomic mass is 10.2. The average Bonchev–Trinajstić information content (AvgIpc) is 1.85. The van der Waals surface area contributed by atoms with Crippen LogP contribution in [0.3, 0.4) is 0 Å². The highest BCUT2D eigenvalue weighted by molar-refractivity contribution is 9.10. The highest BCUT2D eigenvalue weighted by Gasteiger charge is 1.94. The zero-order valence-corrected chi connectivity index (χ0v) is 8.38. The van der Waals surface area contributed by atoms with Crippen molar-refractivity contribution in [3.63, 3.8) is 0 Å². The molecule has 3 heteroatoms. The van der Waals surface area contributed by atoms with Gasteiger partial charge in [-0.15, -0.1) is 0 Å². The molecule has 0 nitrogen and oxygen atoms in total. The fourth-order valence-electron chi connectivity index (χ4n) is 0.702. The van der Waals surface area contributed by atoms with Crippen LogP contribution in [0.25, 0.3) is 0 Å². The van der Waals surface area contributed by atoms with Gasteiger partial charge in [0.15, 0.2) is 0 Å². The maximum Gasteiger partial charge on any atom is 0.0420 e. The SMILES string of the molecule is SCc1cc(Cl)cc(Br)c1. The number of rotatable bonds is 1. The summed E-state index contributed by atoms with van der Waals surface area (Å²) < 4.78 is 1.00. The van der Waals surface area contributed by atoms with Gasteiger partial charge in [0.25, 0.3) is 0 Å². The Morgan fingerprint density at radius 2 is 2.10 bits per heavy atom. The zero-order valence-electron chi connectivity index (χ0n) is 5.14. The summed E-state index contributed by atoms with van der Waals surface area (Å²) in [7, 11) is 0. The van der Waals surface area contributed by atoms with E-state index in [1.54, 1.807) is 0 Å². The topological polar surface area (TPSA) is 0 Å². The van der Waals surface area contributed by atoms with Crippen molar-refractivity contribution in [3.05, 3.63) is 33.3 Å². The van der Waals surface area contributed by atoms with Gasteiger partial charge in [0.05, 0.1) is 0 Å². The summed E-state index contributed by atoms with van der Waals surface area (Å²) in [4.78, 5) is 0. The first-order valence-electron chi connectivity index (χ1n) is 2.78. The summed E-state index contributed by atoms with van der Waals surface area (Å²) >= 11 is 13.2. The van der Waals surface area contributed by atoms with Crippen LogP contribution in [0.1, 0.15) is 5.56 Å². The van der Waals surface area contributed by atoms with Crippen molar-refractivity contribution in [3.8, 4) is 0 Å². The Balaban J connectivity index is 3.06. The Morgan fingerprint density at radius 1 is 1.40 bits per heavy atom. The van der Waals surface area contributed by atoms with Gasteiger partial charge in [0, 0.05) is 15.2 Å². The Hall–Kier alpha value is 0.340. The number of hydrogen-bond acceptors (Lipinski definition) is 1. The molecule has 0 unspecified atom stereocenters. The first-order valence-corrected chi connectivity index (χ1v) is 4.58. The molecule has 10 heavy (non-hydrogen) atoms. The summed E-state index contributed by atoms with van der Waals surface area (Å²) in [5.41, 5.74) is 1.13. The minimum absolute atomic E-state index is 0.721. The van der Waals surface area contributed by atoms with Crippen molar-refractivity contribution in [1.82, 2.24) is 0 Å². The van der Waals surface area contributed by atoms with Crippen molar-refractivity contribution < 1.29 is 0 Å². The lowest BCUT2D eigenvalue weighted by molar-refractivity contribution is 1.41. The Labute approximate surface area is 79.1 Å². The molecule has 0 aromatic heterocycles. The molecule has 54 valence electrons. The van der Waals surface area contributed by atoms with E-state index in [9.17, 15) is 0 Å². The fourth-order valence-corrected chi connectivity index (χ4v) is 1.81. The standard InChI is InChI=1S/C7H6BrClS/c8-6-1-5(4-10)2-7(9)3-6/h1-3,10H,4H2. The minimum atomic E-state index is 0.721. The second-order valence-corrected chi connectivity index (χ2v) is 3.60. The summed E-state index contributed by atoms with van der Waals surface area (Å²) in [6.45, 7) is 0. The van der Waals surface area contributed by atoms with Gasteiger partial charge in [-0.1, -0.05) is 27.5 Å². The van der Waals surface area contributed by atoms with E-state index in [0.717, 1.165) is 20.8 Å². The van der Waals surface area contributed by atoms with Crippen LogP contribution >= 0.6 is 40.2 Å². The van der Waals surface area contributed by atoms with E-state index in [4.69, 9.17) is 11.6 Å². The molecule has 0 fully saturated rings. The third-order valence-electron chi connectivity index (χ3n) is 1.10. The lowest BCUT2D eigenvalue weighted by Gasteiger charge is -1.97. The van der Waals surface area contributed by atoms with Crippen LogP contribution in [0.5, 0.6) is 0 Å². The molecule has 0 saturated carbocycles. The van der Waals surface area contributed by atoms with E-state index in [0.29, 0.717) is 0 Å². The van der Waals surface area contributed by atoms with E-state index in [1.165, 1.54) is 0 Å². The third kappa shape index (κ3) is 2.19. The first kappa shape index (κ1) is 8.44. The number of benzene rings is 1. The fraction of sp³-hybridized carbons (Fsp3) is 0.143. The Bertz CT molecular complexity index is 217. The quantitative estimate of drug-likeness (QED) is 0.710.